The molecule has 0 aromatic heterocycles. The minimum atomic E-state index is 0.319. The summed E-state index contributed by atoms with van der Waals surface area (Å²) in [6, 6.07) is 13.9. The van der Waals surface area contributed by atoms with Crippen molar-refractivity contribution < 1.29 is 5.11 Å². The number of hydrogen-bond donors (Lipinski definition) is 1. The molecule has 2 aromatic rings. The highest BCUT2D eigenvalue weighted by Crippen LogP contribution is 2.29. The summed E-state index contributed by atoms with van der Waals surface area (Å²) in [4.78, 5) is 0. The Balaban J connectivity index is 2.53. The minimum absolute atomic E-state index is 0.319. The second-order valence-corrected chi connectivity index (χ2v) is 4.41. The highest BCUT2D eigenvalue weighted by Gasteiger charge is 2.07. The summed E-state index contributed by atoms with van der Waals surface area (Å²) in [5.74, 6) is 0.319. The summed E-state index contributed by atoms with van der Waals surface area (Å²) in [6.07, 6.45) is 2.24. The third kappa shape index (κ3) is 2.50. The predicted molar refractivity (Wildman–Crippen MR) is 72.3 cm³/mol. The van der Waals surface area contributed by atoms with Crippen LogP contribution in [0.2, 0.25) is 0 Å². The van der Waals surface area contributed by atoms with Crippen molar-refractivity contribution in [2.75, 3.05) is 0 Å². The Labute approximate surface area is 103 Å². The van der Waals surface area contributed by atoms with Crippen LogP contribution < -0.4 is 0 Å². The lowest BCUT2D eigenvalue weighted by molar-refractivity contribution is 0.475. The van der Waals surface area contributed by atoms with Crippen molar-refractivity contribution in [3.63, 3.8) is 0 Å². The van der Waals surface area contributed by atoms with Gasteiger partial charge in [-0.3, -0.25) is 0 Å². The number of aromatic hydroxyl groups is 1. The Morgan fingerprint density at radius 1 is 1.00 bits per heavy atom. The quantitative estimate of drug-likeness (QED) is 0.826. The molecule has 0 unspecified atom stereocenters. The smallest absolute Gasteiger partial charge is 0.115 e. The molecule has 0 aliphatic carbocycles. The van der Waals surface area contributed by atoms with E-state index in [0.717, 1.165) is 12.8 Å². The monoisotopic (exact) mass is 226 g/mol. The van der Waals surface area contributed by atoms with Crippen LogP contribution in [0.1, 0.15) is 24.5 Å². The van der Waals surface area contributed by atoms with E-state index in [4.69, 9.17) is 0 Å². The molecule has 88 valence electrons. The molecule has 0 saturated carbocycles. The number of phenolic OH excluding ortho intramolecular Hbond substituents is 1. The Hall–Kier alpha value is -1.76. The van der Waals surface area contributed by atoms with Gasteiger partial charge in [0.25, 0.3) is 0 Å². The van der Waals surface area contributed by atoms with Crippen molar-refractivity contribution in [1.29, 1.82) is 0 Å². The number of aryl methyl sites for hydroxylation is 2. The van der Waals surface area contributed by atoms with Crippen molar-refractivity contribution in [1.82, 2.24) is 0 Å². The summed E-state index contributed by atoms with van der Waals surface area (Å²) in [5.41, 5.74) is 5.18. The number of rotatable bonds is 3. The van der Waals surface area contributed by atoms with E-state index >= 15 is 0 Å². The van der Waals surface area contributed by atoms with Gasteiger partial charge < -0.3 is 5.11 Å². The molecule has 0 amide bonds. The largest absolute Gasteiger partial charge is 0.508 e. The van der Waals surface area contributed by atoms with Crippen LogP contribution in [0.5, 0.6) is 5.75 Å². The molecule has 0 aliphatic rings. The van der Waals surface area contributed by atoms with Crippen LogP contribution in [0.3, 0.4) is 0 Å². The van der Waals surface area contributed by atoms with Gasteiger partial charge in [0.05, 0.1) is 0 Å². The van der Waals surface area contributed by atoms with E-state index in [9.17, 15) is 5.11 Å². The molecule has 2 aromatic carbocycles. The van der Waals surface area contributed by atoms with Gasteiger partial charge in [0, 0.05) is 0 Å². The Bertz CT molecular complexity index is 497. The average Bonchev–Trinajstić information content (AvgIpc) is 2.32. The average molecular weight is 226 g/mol. The van der Waals surface area contributed by atoms with Crippen LogP contribution in [-0.4, -0.2) is 5.11 Å². The van der Waals surface area contributed by atoms with Gasteiger partial charge in [-0.05, 0) is 47.7 Å². The van der Waals surface area contributed by atoms with Crippen molar-refractivity contribution in [3.8, 4) is 16.9 Å². The SMILES string of the molecule is CCCc1cccc(C)c1-c1ccc(O)cc1. The van der Waals surface area contributed by atoms with Crippen molar-refractivity contribution >= 4 is 0 Å². The van der Waals surface area contributed by atoms with Crippen LogP contribution >= 0.6 is 0 Å². The number of hydrogen-bond acceptors (Lipinski definition) is 1. The van der Waals surface area contributed by atoms with Gasteiger partial charge in [-0.15, -0.1) is 0 Å². The van der Waals surface area contributed by atoms with Gasteiger partial charge in [-0.2, -0.15) is 0 Å². The van der Waals surface area contributed by atoms with Crippen LogP contribution in [-0.2, 0) is 6.42 Å². The molecule has 17 heavy (non-hydrogen) atoms. The minimum Gasteiger partial charge on any atom is -0.508 e. The van der Waals surface area contributed by atoms with Gasteiger partial charge in [0.15, 0.2) is 0 Å². The molecule has 0 spiro atoms. The first-order chi connectivity index (χ1) is 8.22. The molecule has 0 radical (unpaired) electrons. The zero-order valence-electron chi connectivity index (χ0n) is 10.4. The van der Waals surface area contributed by atoms with Gasteiger partial charge in [-0.1, -0.05) is 43.7 Å². The zero-order valence-corrected chi connectivity index (χ0v) is 10.4. The summed E-state index contributed by atoms with van der Waals surface area (Å²) in [6.45, 7) is 4.34. The third-order valence-electron chi connectivity index (χ3n) is 3.03. The molecule has 1 heteroatoms. The van der Waals surface area contributed by atoms with E-state index in [1.165, 1.54) is 22.3 Å². The Kier molecular flexibility index (Phi) is 3.48. The van der Waals surface area contributed by atoms with E-state index in [2.05, 4.69) is 32.0 Å². The van der Waals surface area contributed by atoms with Crippen molar-refractivity contribution in [2.24, 2.45) is 0 Å². The van der Waals surface area contributed by atoms with E-state index in [-0.39, 0.29) is 0 Å². The second-order valence-electron chi connectivity index (χ2n) is 4.41. The van der Waals surface area contributed by atoms with Gasteiger partial charge in [-0.25, -0.2) is 0 Å². The standard InChI is InChI=1S/C16H18O/c1-3-5-13-7-4-6-12(2)16(13)14-8-10-15(17)11-9-14/h4,6-11,17H,3,5H2,1-2H3. The normalized spacial score (nSPS) is 10.5. The molecular formula is C16H18O. The molecule has 0 fully saturated rings. The number of phenols is 1. The summed E-state index contributed by atoms with van der Waals surface area (Å²) in [5, 5.41) is 9.35. The fraction of sp³-hybridized carbons (Fsp3) is 0.250. The van der Waals surface area contributed by atoms with Gasteiger partial charge in [0.2, 0.25) is 0 Å². The van der Waals surface area contributed by atoms with Gasteiger partial charge >= 0.3 is 0 Å². The lowest BCUT2D eigenvalue weighted by Gasteiger charge is -2.12. The fourth-order valence-electron chi connectivity index (χ4n) is 2.25. The maximum Gasteiger partial charge on any atom is 0.115 e. The van der Waals surface area contributed by atoms with Crippen LogP contribution in [0, 0.1) is 6.92 Å². The molecule has 1 N–H and O–H groups in total. The molecule has 0 heterocycles. The van der Waals surface area contributed by atoms with E-state index in [1.54, 1.807) is 12.1 Å². The van der Waals surface area contributed by atoms with Gasteiger partial charge in [0.1, 0.15) is 5.75 Å². The van der Waals surface area contributed by atoms with Crippen molar-refractivity contribution in [2.45, 2.75) is 26.7 Å². The van der Waals surface area contributed by atoms with Crippen LogP contribution in [0.25, 0.3) is 11.1 Å². The highest BCUT2D eigenvalue weighted by atomic mass is 16.3. The molecular weight excluding hydrogens is 208 g/mol. The Morgan fingerprint density at radius 3 is 2.35 bits per heavy atom. The fourth-order valence-corrected chi connectivity index (χ4v) is 2.25. The van der Waals surface area contributed by atoms with Crippen LogP contribution in [0.15, 0.2) is 42.5 Å². The van der Waals surface area contributed by atoms with Crippen molar-refractivity contribution in [3.05, 3.63) is 53.6 Å². The molecule has 1 nitrogen and oxygen atoms in total. The summed E-state index contributed by atoms with van der Waals surface area (Å²) in [7, 11) is 0. The third-order valence-corrected chi connectivity index (χ3v) is 3.03. The lowest BCUT2D eigenvalue weighted by Crippen LogP contribution is -1.92. The molecule has 0 saturated heterocycles. The van der Waals surface area contributed by atoms with E-state index in [0.29, 0.717) is 5.75 Å². The summed E-state index contributed by atoms with van der Waals surface area (Å²) >= 11 is 0. The predicted octanol–water partition coefficient (Wildman–Crippen LogP) is 4.32. The first-order valence-corrected chi connectivity index (χ1v) is 6.10. The van der Waals surface area contributed by atoms with E-state index < -0.39 is 0 Å². The number of benzene rings is 2. The molecule has 0 atom stereocenters. The maximum absolute atomic E-state index is 9.35. The highest BCUT2D eigenvalue weighted by molar-refractivity contribution is 5.71. The molecule has 2 rings (SSSR count). The maximum atomic E-state index is 9.35. The molecule has 0 bridgehead atoms. The molecule has 0 aliphatic heterocycles. The summed E-state index contributed by atoms with van der Waals surface area (Å²) < 4.78 is 0. The Morgan fingerprint density at radius 2 is 1.71 bits per heavy atom. The first kappa shape index (κ1) is 11.7. The van der Waals surface area contributed by atoms with E-state index in [1.807, 2.05) is 12.1 Å². The second kappa shape index (κ2) is 5.05. The lowest BCUT2D eigenvalue weighted by atomic mass is 9.93. The zero-order chi connectivity index (χ0) is 12.3. The van der Waals surface area contributed by atoms with Crippen LogP contribution in [0.4, 0.5) is 0 Å². The topological polar surface area (TPSA) is 20.2 Å². The first-order valence-electron chi connectivity index (χ1n) is 6.10.